The first-order valence-electron chi connectivity index (χ1n) is 11.2. The van der Waals surface area contributed by atoms with Crippen LogP contribution in [-0.4, -0.2) is 19.7 Å². The van der Waals surface area contributed by atoms with Gasteiger partial charge < -0.3 is 16.4 Å². The van der Waals surface area contributed by atoms with Crippen molar-refractivity contribution in [2.45, 2.75) is 31.0 Å². The Balaban J connectivity index is 1.29. The summed E-state index contributed by atoms with van der Waals surface area (Å²) >= 11 is 0. The van der Waals surface area contributed by atoms with E-state index in [2.05, 4.69) is 50.0 Å². The van der Waals surface area contributed by atoms with E-state index in [0.717, 1.165) is 34.0 Å². The van der Waals surface area contributed by atoms with Gasteiger partial charge in [-0.05, 0) is 42.5 Å². The molecule has 1 unspecified atom stereocenters. The van der Waals surface area contributed by atoms with Crippen LogP contribution < -0.4 is 16.4 Å². The summed E-state index contributed by atoms with van der Waals surface area (Å²) < 4.78 is 1.93. The van der Waals surface area contributed by atoms with E-state index < -0.39 is 5.66 Å². The summed E-state index contributed by atoms with van der Waals surface area (Å²) in [7, 11) is 0. The lowest BCUT2D eigenvalue weighted by Crippen LogP contribution is -2.47. The van der Waals surface area contributed by atoms with Crippen LogP contribution in [0.5, 0.6) is 0 Å². The molecule has 0 saturated heterocycles. The lowest BCUT2D eigenvalue weighted by molar-refractivity contribution is 0.600. The molecule has 2 aliphatic rings. The molecule has 3 aromatic heterocycles. The molecule has 0 spiro atoms. The van der Waals surface area contributed by atoms with E-state index >= 15 is 0 Å². The maximum atomic E-state index is 6.87. The summed E-state index contributed by atoms with van der Waals surface area (Å²) in [5.74, 6) is 2.37. The third-order valence-electron chi connectivity index (χ3n) is 6.26. The van der Waals surface area contributed by atoms with Gasteiger partial charge in [0.1, 0.15) is 17.3 Å². The van der Waals surface area contributed by atoms with E-state index in [1.165, 1.54) is 18.4 Å². The molecule has 1 aliphatic carbocycles. The summed E-state index contributed by atoms with van der Waals surface area (Å²) in [5, 5.41) is 11.8. The molecular formula is C26H25N7. The van der Waals surface area contributed by atoms with Crippen molar-refractivity contribution in [2.75, 3.05) is 5.32 Å². The molecule has 4 N–H and O–H groups in total. The molecule has 0 radical (unpaired) electrons. The summed E-state index contributed by atoms with van der Waals surface area (Å²) in [4.78, 5) is 8.70. The molecule has 0 amide bonds. The first-order chi connectivity index (χ1) is 16.2. The van der Waals surface area contributed by atoms with Crippen molar-refractivity contribution in [1.29, 1.82) is 0 Å². The van der Waals surface area contributed by atoms with Gasteiger partial charge in [0.05, 0.1) is 11.9 Å². The zero-order valence-corrected chi connectivity index (χ0v) is 18.1. The number of fused-ring (bicyclic) bond motifs is 1. The predicted molar refractivity (Wildman–Crippen MR) is 129 cm³/mol. The number of rotatable bonds is 6. The Bertz CT molecular complexity index is 1290. The van der Waals surface area contributed by atoms with Gasteiger partial charge in [0.15, 0.2) is 0 Å². The third kappa shape index (κ3) is 3.76. The van der Waals surface area contributed by atoms with Crippen LogP contribution in [0.15, 0.2) is 85.5 Å². The van der Waals surface area contributed by atoms with Crippen molar-refractivity contribution >= 4 is 11.6 Å². The zero-order chi connectivity index (χ0) is 22.3. The minimum Gasteiger partial charge on any atom is -0.366 e. The maximum absolute atomic E-state index is 6.87. The Morgan fingerprint density at radius 3 is 2.64 bits per heavy atom. The highest BCUT2D eigenvalue weighted by molar-refractivity contribution is 5.66. The second-order valence-electron chi connectivity index (χ2n) is 8.67. The lowest BCUT2D eigenvalue weighted by Gasteiger charge is -2.34. The van der Waals surface area contributed by atoms with Crippen LogP contribution in [0.25, 0.3) is 17.1 Å². The molecule has 7 nitrogen and oxygen atoms in total. The second kappa shape index (κ2) is 7.86. The van der Waals surface area contributed by atoms with Gasteiger partial charge in [-0.3, -0.25) is 9.97 Å². The molecule has 7 heteroatoms. The average molecular weight is 436 g/mol. The van der Waals surface area contributed by atoms with Crippen LogP contribution in [0.1, 0.15) is 35.4 Å². The number of benzene rings is 1. The van der Waals surface area contributed by atoms with E-state index in [1.54, 1.807) is 12.4 Å². The van der Waals surface area contributed by atoms with Gasteiger partial charge >= 0.3 is 0 Å². The fraction of sp³-hybridized carbons (Fsp3) is 0.192. The summed E-state index contributed by atoms with van der Waals surface area (Å²) in [6.45, 7) is 0.648. The van der Waals surface area contributed by atoms with Crippen molar-refractivity contribution in [2.24, 2.45) is 5.73 Å². The number of nitrogens with two attached hydrogens (primary N) is 1. The molecule has 1 fully saturated rings. The smallest absolute Gasteiger partial charge is 0.138 e. The number of hydrogen-bond donors (Lipinski definition) is 3. The van der Waals surface area contributed by atoms with Gasteiger partial charge in [0, 0.05) is 47.9 Å². The number of aromatic nitrogens is 4. The summed E-state index contributed by atoms with van der Waals surface area (Å²) in [5.41, 5.74) is 11.3. The molecule has 4 heterocycles. The number of nitrogens with zero attached hydrogens (tertiary/aromatic N) is 4. The van der Waals surface area contributed by atoms with Crippen molar-refractivity contribution in [3.63, 3.8) is 0 Å². The van der Waals surface area contributed by atoms with Gasteiger partial charge in [0.2, 0.25) is 0 Å². The quantitative estimate of drug-likeness (QED) is 0.423. The van der Waals surface area contributed by atoms with Crippen molar-refractivity contribution in [3.05, 3.63) is 102 Å². The number of anilines is 1. The summed E-state index contributed by atoms with van der Waals surface area (Å²) in [6, 6.07) is 18.3. The molecule has 33 heavy (non-hydrogen) atoms. The van der Waals surface area contributed by atoms with E-state index in [4.69, 9.17) is 5.73 Å². The Morgan fingerprint density at radius 1 is 1.03 bits per heavy atom. The highest BCUT2D eigenvalue weighted by Crippen LogP contribution is 2.45. The van der Waals surface area contributed by atoms with Crippen LogP contribution in [0, 0.1) is 0 Å². The molecule has 6 rings (SSSR count). The normalized spacial score (nSPS) is 19.4. The molecule has 1 atom stereocenters. The topological polar surface area (TPSA) is 93.7 Å². The van der Waals surface area contributed by atoms with Crippen molar-refractivity contribution in [3.8, 4) is 11.3 Å². The van der Waals surface area contributed by atoms with E-state index in [9.17, 15) is 0 Å². The van der Waals surface area contributed by atoms with Crippen LogP contribution in [0.3, 0.4) is 0 Å². The average Bonchev–Trinajstić information content (AvgIpc) is 3.63. The standard InChI is InChI=1S/C26H25N7/c27-26(21-4-3-12-28-16-21)14-24(33-25(32-26)22(17-31-33)19-10-11-19)30-15-18-6-8-20(9-7-18)23-5-1-2-13-29-23/h1-9,12-14,16-17,19,30,32H,10-11,15,27H2. The third-order valence-corrected chi connectivity index (χ3v) is 6.26. The van der Waals surface area contributed by atoms with Crippen LogP contribution in [-0.2, 0) is 12.2 Å². The molecule has 1 aliphatic heterocycles. The van der Waals surface area contributed by atoms with E-state index in [1.807, 2.05) is 53.5 Å². The Kier molecular flexibility index (Phi) is 4.69. The van der Waals surface area contributed by atoms with E-state index in [0.29, 0.717) is 12.5 Å². The molecular weight excluding hydrogens is 410 g/mol. The van der Waals surface area contributed by atoms with Crippen molar-refractivity contribution in [1.82, 2.24) is 25.1 Å². The Labute approximate surface area is 192 Å². The Hall–Kier alpha value is -3.97. The van der Waals surface area contributed by atoms with Gasteiger partial charge in [-0.2, -0.15) is 5.10 Å². The minimum absolute atomic E-state index is 0.554. The highest BCUT2D eigenvalue weighted by Gasteiger charge is 2.37. The first kappa shape index (κ1) is 19.7. The van der Waals surface area contributed by atoms with Crippen LogP contribution in [0.4, 0.5) is 5.82 Å². The molecule has 1 aromatic carbocycles. The minimum atomic E-state index is -0.876. The van der Waals surface area contributed by atoms with Crippen LogP contribution >= 0.6 is 0 Å². The lowest BCUT2D eigenvalue weighted by atomic mass is 9.99. The second-order valence-corrected chi connectivity index (χ2v) is 8.67. The molecule has 1 saturated carbocycles. The van der Waals surface area contributed by atoms with Crippen molar-refractivity contribution < 1.29 is 0 Å². The molecule has 4 aromatic rings. The predicted octanol–water partition coefficient (Wildman–Crippen LogP) is 4.04. The zero-order valence-electron chi connectivity index (χ0n) is 18.1. The van der Waals surface area contributed by atoms with E-state index in [-0.39, 0.29) is 0 Å². The fourth-order valence-electron chi connectivity index (χ4n) is 4.28. The summed E-state index contributed by atoms with van der Waals surface area (Å²) in [6.07, 6.45) is 11.7. The largest absolute Gasteiger partial charge is 0.366 e. The molecule has 164 valence electrons. The molecule has 0 bridgehead atoms. The number of hydrogen-bond acceptors (Lipinski definition) is 6. The van der Waals surface area contributed by atoms with Gasteiger partial charge in [0.25, 0.3) is 0 Å². The number of pyridine rings is 2. The van der Waals surface area contributed by atoms with Gasteiger partial charge in [-0.15, -0.1) is 0 Å². The first-order valence-corrected chi connectivity index (χ1v) is 11.2. The highest BCUT2D eigenvalue weighted by atomic mass is 15.4. The van der Waals surface area contributed by atoms with Gasteiger partial charge in [-0.25, -0.2) is 4.68 Å². The number of nitrogens with one attached hydrogen (secondary N) is 2. The van der Waals surface area contributed by atoms with Gasteiger partial charge in [-0.1, -0.05) is 36.4 Å². The maximum Gasteiger partial charge on any atom is 0.138 e. The monoisotopic (exact) mass is 435 g/mol. The fourth-order valence-corrected chi connectivity index (χ4v) is 4.28. The SMILES string of the molecule is NC1(c2cccnc2)C=C(NCc2ccc(-c3ccccn3)cc2)n2ncc(C3CC3)c2N1. The van der Waals surface area contributed by atoms with Crippen LogP contribution in [0.2, 0.25) is 0 Å². The Morgan fingerprint density at radius 2 is 1.91 bits per heavy atom.